The van der Waals surface area contributed by atoms with Gasteiger partial charge in [-0.05, 0) is 67.7 Å². The molecule has 0 amide bonds. The molecule has 0 bridgehead atoms. The summed E-state index contributed by atoms with van der Waals surface area (Å²) in [6, 6.07) is 18.7. The van der Waals surface area contributed by atoms with E-state index in [1.807, 2.05) is 0 Å². The highest BCUT2D eigenvalue weighted by Gasteiger charge is 2.40. The second-order valence-corrected chi connectivity index (χ2v) is 10.4. The maximum Gasteiger partial charge on any atom is 0.230 e. The molecule has 4 heterocycles. The van der Waals surface area contributed by atoms with Crippen LogP contribution in [0.15, 0.2) is 48.8 Å². The molecule has 1 aromatic heterocycles. The molecule has 1 N–H and O–H groups in total. The van der Waals surface area contributed by atoms with E-state index in [1.165, 1.54) is 24.7 Å². The first-order valence-corrected chi connectivity index (χ1v) is 13.2. The highest BCUT2D eigenvalue weighted by Crippen LogP contribution is 2.32. The van der Waals surface area contributed by atoms with Gasteiger partial charge >= 0.3 is 0 Å². The van der Waals surface area contributed by atoms with E-state index in [4.69, 9.17) is 14.2 Å². The van der Waals surface area contributed by atoms with Crippen molar-refractivity contribution in [2.45, 2.75) is 24.8 Å². The number of piperidine rings is 1. The molecule has 3 saturated heterocycles. The molecule has 39 heavy (non-hydrogen) atoms. The second kappa shape index (κ2) is 11.0. The molecule has 2 aromatic carbocycles. The molecular weight excluding hydrogens is 494 g/mol. The average molecular weight is 524 g/mol. The summed E-state index contributed by atoms with van der Waals surface area (Å²) in [5, 5.41) is 22.3. The summed E-state index contributed by atoms with van der Waals surface area (Å²) in [6.07, 6.45) is 3.79. The van der Waals surface area contributed by atoms with Gasteiger partial charge in [0, 0.05) is 11.3 Å². The van der Waals surface area contributed by atoms with Crippen molar-refractivity contribution in [3.8, 4) is 29.3 Å². The van der Waals surface area contributed by atoms with Crippen LogP contribution in [0.2, 0.25) is 0 Å². The summed E-state index contributed by atoms with van der Waals surface area (Å²) in [5.74, 6) is 1.85. The molecule has 10 nitrogen and oxygen atoms in total. The molecular formula is C29H29N7O3. The molecule has 3 fully saturated rings. The Labute approximate surface area is 227 Å². The number of nitriles is 2. The van der Waals surface area contributed by atoms with Crippen molar-refractivity contribution < 1.29 is 14.2 Å². The van der Waals surface area contributed by atoms with Crippen molar-refractivity contribution in [1.82, 2.24) is 19.9 Å². The predicted molar refractivity (Wildman–Crippen MR) is 142 cm³/mol. The molecule has 3 aromatic rings. The smallest absolute Gasteiger partial charge is 0.230 e. The Kier molecular flexibility index (Phi) is 7.08. The van der Waals surface area contributed by atoms with Gasteiger partial charge in [0.25, 0.3) is 0 Å². The van der Waals surface area contributed by atoms with E-state index in [1.54, 1.807) is 18.2 Å². The number of hydrogen-bond donors (Lipinski definition) is 1. The van der Waals surface area contributed by atoms with E-state index in [0.717, 1.165) is 32.0 Å². The quantitative estimate of drug-likeness (QED) is 0.467. The number of rotatable bonds is 8. The minimum absolute atomic E-state index is 0.172. The van der Waals surface area contributed by atoms with Crippen LogP contribution in [0.5, 0.6) is 5.75 Å². The molecule has 0 spiro atoms. The minimum Gasteiger partial charge on any atom is -0.490 e. The van der Waals surface area contributed by atoms with Crippen LogP contribution >= 0.6 is 0 Å². The van der Waals surface area contributed by atoms with Crippen molar-refractivity contribution >= 4 is 11.6 Å². The molecule has 0 atom stereocenters. The molecule has 198 valence electrons. The number of aromatic nitrogens is 3. The highest BCUT2D eigenvalue weighted by molar-refractivity contribution is 5.63. The highest BCUT2D eigenvalue weighted by atomic mass is 16.5. The first kappa shape index (κ1) is 25.2. The Morgan fingerprint density at radius 2 is 1.82 bits per heavy atom. The predicted octanol–water partition coefficient (Wildman–Crippen LogP) is 3.65. The lowest BCUT2D eigenvalue weighted by atomic mass is 9.88. The summed E-state index contributed by atoms with van der Waals surface area (Å²) in [5.41, 5.74) is 2.62. The standard InChI is InChI=1S/C29H29N7O3/c30-12-23-11-22(3-6-26(23)39-18-29(15-31)16-38-17-29)27-32-19-33-28(35-27)34-24-4-1-20(2-5-24)21-7-9-36(10-8-21)25-13-37-14-25/h1-6,11,19,21,25H,7-10,13-14,16-18H2,(H,32,33,34,35). The van der Waals surface area contributed by atoms with Gasteiger partial charge in [-0.25, -0.2) is 9.97 Å². The van der Waals surface area contributed by atoms with E-state index < -0.39 is 5.41 Å². The van der Waals surface area contributed by atoms with Crippen LogP contribution in [0.4, 0.5) is 11.6 Å². The molecule has 3 aliphatic heterocycles. The summed E-state index contributed by atoms with van der Waals surface area (Å²) >= 11 is 0. The zero-order valence-electron chi connectivity index (χ0n) is 21.5. The fraction of sp³-hybridized carbons (Fsp3) is 0.414. The van der Waals surface area contributed by atoms with Gasteiger partial charge < -0.3 is 19.5 Å². The van der Waals surface area contributed by atoms with E-state index in [0.29, 0.717) is 53.8 Å². The third kappa shape index (κ3) is 5.41. The van der Waals surface area contributed by atoms with E-state index in [9.17, 15) is 10.5 Å². The number of nitrogens with one attached hydrogen (secondary N) is 1. The Morgan fingerprint density at radius 1 is 1.03 bits per heavy atom. The first-order valence-electron chi connectivity index (χ1n) is 13.2. The second-order valence-electron chi connectivity index (χ2n) is 10.4. The van der Waals surface area contributed by atoms with Gasteiger partial charge in [-0.15, -0.1) is 0 Å². The van der Waals surface area contributed by atoms with Crippen LogP contribution < -0.4 is 10.1 Å². The lowest BCUT2D eigenvalue weighted by Crippen LogP contribution is -2.51. The van der Waals surface area contributed by atoms with Crippen LogP contribution in [0, 0.1) is 28.1 Å². The van der Waals surface area contributed by atoms with Crippen LogP contribution in [-0.2, 0) is 9.47 Å². The summed E-state index contributed by atoms with van der Waals surface area (Å²) < 4.78 is 16.3. The van der Waals surface area contributed by atoms with E-state index >= 15 is 0 Å². The Bertz CT molecular complexity index is 1400. The van der Waals surface area contributed by atoms with Crippen molar-refractivity contribution in [3.05, 3.63) is 59.9 Å². The Morgan fingerprint density at radius 3 is 2.46 bits per heavy atom. The lowest BCUT2D eigenvalue weighted by Gasteiger charge is -2.41. The molecule has 6 rings (SSSR count). The Balaban J connectivity index is 1.09. The zero-order chi connectivity index (χ0) is 26.7. The monoisotopic (exact) mass is 523 g/mol. The fourth-order valence-corrected chi connectivity index (χ4v) is 5.12. The molecule has 0 aliphatic carbocycles. The van der Waals surface area contributed by atoms with Gasteiger partial charge in [0.1, 0.15) is 30.2 Å². The fourth-order valence-electron chi connectivity index (χ4n) is 5.12. The number of hydrogen-bond acceptors (Lipinski definition) is 10. The molecule has 0 radical (unpaired) electrons. The summed E-state index contributed by atoms with van der Waals surface area (Å²) in [7, 11) is 0. The SMILES string of the molecule is N#Cc1cc(-c2ncnc(Nc3ccc(C4CCN(C5COC5)CC4)cc3)n2)ccc1OCC1(C#N)COC1. The van der Waals surface area contributed by atoms with E-state index in [2.05, 4.69) is 61.6 Å². The van der Waals surface area contributed by atoms with Gasteiger partial charge in [-0.3, -0.25) is 4.90 Å². The molecule has 0 unspecified atom stereocenters. The van der Waals surface area contributed by atoms with Crippen LogP contribution in [0.3, 0.4) is 0 Å². The van der Waals surface area contributed by atoms with Gasteiger partial charge in [0.2, 0.25) is 5.95 Å². The number of ether oxygens (including phenoxy) is 3. The minimum atomic E-state index is -0.651. The topological polar surface area (TPSA) is 129 Å². The van der Waals surface area contributed by atoms with Crippen molar-refractivity contribution in [2.75, 3.05) is 51.4 Å². The first-order chi connectivity index (χ1) is 19.1. The van der Waals surface area contributed by atoms with Crippen LogP contribution in [0.25, 0.3) is 11.4 Å². The average Bonchev–Trinajstić information content (AvgIpc) is 2.93. The van der Waals surface area contributed by atoms with Crippen molar-refractivity contribution in [3.63, 3.8) is 0 Å². The number of anilines is 2. The summed E-state index contributed by atoms with van der Waals surface area (Å²) in [6.45, 7) is 4.86. The van der Waals surface area contributed by atoms with Gasteiger partial charge in [-0.1, -0.05) is 12.1 Å². The molecule has 3 aliphatic rings. The largest absolute Gasteiger partial charge is 0.490 e. The number of likely N-dealkylation sites (tertiary alicyclic amines) is 1. The van der Waals surface area contributed by atoms with Crippen LogP contribution in [0.1, 0.15) is 29.9 Å². The van der Waals surface area contributed by atoms with Gasteiger partial charge in [-0.2, -0.15) is 15.5 Å². The zero-order valence-corrected chi connectivity index (χ0v) is 21.5. The van der Waals surface area contributed by atoms with Crippen molar-refractivity contribution in [1.29, 1.82) is 10.5 Å². The Hall–Kier alpha value is -4.09. The third-order valence-electron chi connectivity index (χ3n) is 7.73. The van der Waals surface area contributed by atoms with Crippen LogP contribution in [-0.4, -0.2) is 72.0 Å². The van der Waals surface area contributed by atoms with Crippen molar-refractivity contribution in [2.24, 2.45) is 5.41 Å². The number of benzene rings is 2. The lowest BCUT2D eigenvalue weighted by molar-refractivity contribution is -0.0963. The summed E-state index contributed by atoms with van der Waals surface area (Å²) in [4.78, 5) is 15.7. The van der Waals surface area contributed by atoms with Gasteiger partial charge in [0.05, 0.1) is 44.1 Å². The normalized spacial score (nSPS) is 19.2. The number of nitrogens with zero attached hydrogens (tertiary/aromatic N) is 6. The molecule has 10 heteroatoms. The van der Waals surface area contributed by atoms with Gasteiger partial charge in [0.15, 0.2) is 5.82 Å². The maximum absolute atomic E-state index is 9.67. The van der Waals surface area contributed by atoms with E-state index in [-0.39, 0.29) is 6.61 Å². The maximum atomic E-state index is 9.67. The molecule has 0 saturated carbocycles. The third-order valence-corrected chi connectivity index (χ3v) is 7.73.